The van der Waals surface area contributed by atoms with Gasteiger partial charge in [0.05, 0.1) is 0 Å². The van der Waals surface area contributed by atoms with Gasteiger partial charge in [0.1, 0.15) is 0 Å². The molecule has 0 amide bonds. The molecule has 2 unspecified atom stereocenters. The zero-order valence-electron chi connectivity index (χ0n) is 10.2. The SMILES string of the molecule is CCC(C)CC(CNC)c1ccccc1. The molecule has 0 heterocycles. The maximum Gasteiger partial charge on any atom is 0.00172 e. The van der Waals surface area contributed by atoms with Gasteiger partial charge >= 0.3 is 0 Å². The lowest BCUT2D eigenvalue weighted by Crippen LogP contribution is -2.19. The van der Waals surface area contributed by atoms with Crippen molar-refractivity contribution in [3.63, 3.8) is 0 Å². The van der Waals surface area contributed by atoms with Crippen LogP contribution in [-0.2, 0) is 0 Å². The van der Waals surface area contributed by atoms with Crippen LogP contribution in [-0.4, -0.2) is 13.6 Å². The van der Waals surface area contributed by atoms with Gasteiger partial charge in [0.25, 0.3) is 0 Å². The van der Waals surface area contributed by atoms with Gasteiger partial charge < -0.3 is 5.32 Å². The van der Waals surface area contributed by atoms with Crippen molar-refractivity contribution in [3.8, 4) is 0 Å². The van der Waals surface area contributed by atoms with E-state index in [1.807, 2.05) is 7.05 Å². The van der Waals surface area contributed by atoms with Crippen LogP contribution in [0, 0.1) is 5.92 Å². The Morgan fingerprint density at radius 2 is 1.87 bits per heavy atom. The number of benzene rings is 1. The van der Waals surface area contributed by atoms with Crippen molar-refractivity contribution in [1.29, 1.82) is 0 Å². The third-order valence-corrected chi connectivity index (χ3v) is 3.11. The summed E-state index contributed by atoms with van der Waals surface area (Å²) in [5.41, 5.74) is 1.46. The Labute approximate surface area is 93.9 Å². The van der Waals surface area contributed by atoms with E-state index < -0.39 is 0 Å². The van der Waals surface area contributed by atoms with E-state index in [4.69, 9.17) is 0 Å². The van der Waals surface area contributed by atoms with Gasteiger partial charge in [0.15, 0.2) is 0 Å². The highest BCUT2D eigenvalue weighted by Crippen LogP contribution is 2.24. The summed E-state index contributed by atoms with van der Waals surface area (Å²) in [5, 5.41) is 3.30. The Morgan fingerprint density at radius 1 is 1.20 bits per heavy atom. The molecule has 1 N–H and O–H groups in total. The van der Waals surface area contributed by atoms with Crippen LogP contribution in [0.5, 0.6) is 0 Å². The summed E-state index contributed by atoms with van der Waals surface area (Å²) in [4.78, 5) is 0. The molecule has 0 aliphatic rings. The zero-order chi connectivity index (χ0) is 11.1. The smallest absolute Gasteiger partial charge is 0.00172 e. The molecule has 1 rings (SSSR count). The lowest BCUT2D eigenvalue weighted by Gasteiger charge is -2.20. The number of likely N-dealkylation sites (N-methyl/N-ethyl adjacent to an activating group) is 1. The number of nitrogens with one attached hydrogen (secondary N) is 1. The van der Waals surface area contributed by atoms with Crippen LogP contribution in [0.4, 0.5) is 0 Å². The molecule has 0 spiro atoms. The van der Waals surface area contributed by atoms with Gasteiger partial charge in [-0.2, -0.15) is 0 Å². The average Bonchev–Trinajstić information content (AvgIpc) is 2.29. The molecule has 1 heteroatoms. The highest BCUT2D eigenvalue weighted by Gasteiger charge is 2.13. The molecule has 0 bridgehead atoms. The molecule has 15 heavy (non-hydrogen) atoms. The van der Waals surface area contributed by atoms with Crippen molar-refractivity contribution in [1.82, 2.24) is 5.32 Å². The molecule has 0 aromatic heterocycles. The van der Waals surface area contributed by atoms with Crippen LogP contribution < -0.4 is 5.32 Å². The predicted molar refractivity (Wildman–Crippen MR) is 67.2 cm³/mol. The second-order valence-electron chi connectivity index (χ2n) is 4.41. The van der Waals surface area contributed by atoms with E-state index in [2.05, 4.69) is 49.5 Å². The van der Waals surface area contributed by atoms with Gasteiger partial charge in [-0.1, -0.05) is 50.6 Å². The van der Waals surface area contributed by atoms with E-state index in [9.17, 15) is 0 Å². The second kappa shape index (κ2) is 6.62. The van der Waals surface area contributed by atoms with Gasteiger partial charge in [0.2, 0.25) is 0 Å². The number of rotatable bonds is 6. The van der Waals surface area contributed by atoms with Gasteiger partial charge in [0, 0.05) is 6.54 Å². The predicted octanol–water partition coefficient (Wildman–Crippen LogP) is 3.43. The second-order valence-corrected chi connectivity index (χ2v) is 4.41. The summed E-state index contributed by atoms with van der Waals surface area (Å²) >= 11 is 0. The zero-order valence-corrected chi connectivity index (χ0v) is 10.2. The average molecular weight is 205 g/mol. The molecule has 0 radical (unpaired) electrons. The van der Waals surface area contributed by atoms with Crippen LogP contribution in [0.2, 0.25) is 0 Å². The first-order valence-corrected chi connectivity index (χ1v) is 5.97. The monoisotopic (exact) mass is 205 g/mol. The molecular weight excluding hydrogens is 182 g/mol. The Hall–Kier alpha value is -0.820. The molecule has 0 saturated heterocycles. The number of hydrogen-bond donors (Lipinski definition) is 1. The van der Waals surface area contributed by atoms with Crippen molar-refractivity contribution in [3.05, 3.63) is 35.9 Å². The van der Waals surface area contributed by atoms with E-state index in [1.54, 1.807) is 0 Å². The highest BCUT2D eigenvalue weighted by atomic mass is 14.8. The van der Waals surface area contributed by atoms with Gasteiger partial charge in [-0.25, -0.2) is 0 Å². The van der Waals surface area contributed by atoms with E-state index >= 15 is 0 Å². The third kappa shape index (κ3) is 4.05. The van der Waals surface area contributed by atoms with E-state index in [0.717, 1.165) is 12.5 Å². The first kappa shape index (κ1) is 12.3. The van der Waals surface area contributed by atoms with E-state index in [1.165, 1.54) is 18.4 Å². The van der Waals surface area contributed by atoms with E-state index in [0.29, 0.717) is 5.92 Å². The highest BCUT2D eigenvalue weighted by molar-refractivity contribution is 5.19. The minimum Gasteiger partial charge on any atom is -0.319 e. The molecule has 0 saturated carbocycles. The van der Waals surface area contributed by atoms with Crippen LogP contribution in [0.3, 0.4) is 0 Å². The summed E-state index contributed by atoms with van der Waals surface area (Å²) in [6.07, 6.45) is 2.55. The van der Waals surface area contributed by atoms with Crippen molar-refractivity contribution >= 4 is 0 Å². The molecule has 0 aliphatic carbocycles. The molecule has 0 aliphatic heterocycles. The fourth-order valence-electron chi connectivity index (χ4n) is 1.96. The van der Waals surface area contributed by atoms with Crippen LogP contribution in [0.1, 0.15) is 38.2 Å². The molecule has 1 aromatic rings. The lowest BCUT2D eigenvalue weighted by molar-refractivity contribution is 0.444. The fraction of sp³-hybridized carbons (Fsp3) is 0.571. The minimum absolute atomic E-state index is 0.658. The topological polar surface area (TPSA) is 12.0 Å². The molecule has 84 valence electrons. The minimum atomic E-state index is 0.658. The van der Waals surface area contributed by atoms with Crippen molar-refractivity contribution in [2.24, 2.45) is 5.92 Å². The Morgan fingerprint density at radius 3 is 2.40 bits per heavy atom. The van der Waals surface area contributed by atoms with Gasteiger partial charge in [-0.15, -0.1) is 0 Å². The van der Waals surface area contributed by atoms with Crippen molar-refractivity contribution in [2.75, 3.05) is 13.6 Å². The van der Waals surface area contributed by atoms with Crippen LogP contribution in [0.25, 0.3) is 0 Å². The Bertz CT molecular complexity index is 255. The maximum absolute atomic E-state index is 3.30. The third-order valence-electron chi connectivity index (χ3n) is 3.11. The standard InChI is InChI=1S/C14H23N/c1-4-12(2)10-14(11-15-3)13-8-6-5-7-9-13/h5-9,12,14-15H,4,10-11H2,1-3H3. The maximum atomic E-state index is 3.30. The summed E-state index contributed by atoms with van der Waals surface area (Å²) in [6.45, 7) is 5.69. The molecule has 1 aromatic carbocycles. The van der Waals surface area contributed by atoms with E-state index in [-0.39, 0.29) is 0 Å². The Balaban J connectivity index is 2.65. The molecule has 2 atom stereocenters. The first-order valence-electron chi connectivity index (χ1n) is 5.97. The first-order chi connectivity index (χ1) is 7.27. The lowest BCUT2D eigenvalue weighted by atomic mass is 9.88. The van der Waals surface area contributed by atoms with Crippen LogP contribution in [0.15, 0.2) is 30.3 Å². The molecule has 0 fully saturated rings. The largest absolute Gasteiger partial charge is 0.319 e. The molecular formula is C14H23N. The summed E-state index contributed by atoms with van der Waals surface area (Å²) < 4.78 is 0. The van der Waals surface area contributed by atoms with Gasteiger partial charge in [-0.3, -0.25) is 0 Å². The van der Waals surface area contributed by atoms with Crippen molar-refractivity contribution in [2.45, 2.75) is 32.6 Å². The number of hydrogen-bond acceptors (Lipinski definition) is 1. The normalized spacial score (nSPS) is 14.9. The quantitative estimate of drug-likeness (QED) is 0.750. The van der Waals surface area contributed by atoms with Crippen molar-refractivity contribution < 1.29 is 0 Å². The Kier molecular flexibility index (Phi) is 5.41. The fourth-order valence-corrected chi connectivity index (χ4v) is 1.96. The molecule has 1 nitrogen and oxygen atoms in total. The van der Waals surface area contributed by atoms with Gasteiger partial charge in [-0.05, 0) is 30.9 Å². The summed E-state index contributed by atoms with van der Waals surface area (Å²) in [6, 6.07) is 10.8. The summed E-state index contributed by atoms with van der Waals surface area (Å²) in [5.74, 6) is 1.47. The van der Waals surface area contributed by atoms with Crippen LogP contribution >= 0.6 is 0 Å². The summed E-state index contributed by atoms with van der Waals surface area (Å²) in [7, 11) is 2.03.